The molecule has 0 radical (unpaired) electrons. The van der Waals surface area contributed by atoms with Crippen molar-refractivity contribution in [1.82, 2.24) is 0 Å². The van der Waals surface area contributed by atoms with Gasteiger partial charge in [-0.15, -0.1) is 0 Å². The number of hydrogen-bond donors (Lipinski definition) is 0. The molecule has 0 bridgehead atoms. The van der Waals surface area contributed by atoms with Gasteiger partial charge in [0.1, 0.15) is 19.8 Å². The first-order valence-corrected chi connectivity index (χ1v) is 30.3. The molecule has 0 fully saturated rings. The predicted octanol–water partition coefficient (Wildman–Crippen LogP) is 17.6. The normalized spacial score (nSPS) is 14.6. The molecule has 0 aromatic heterocycles. The number of ether oxygens (including phenoxy) is 2. The van der Waals surface area contributed by atoms with Gasteiger partial charge < -0.3 is 27.9 Å². The summed E-state index contributed by atoms with van der Waals surface area (Å²) < 4.78 is 34.0. The van der Waals surface area contributed by atoms with Gasteiger partial charge in [0, 0.05) is 12.8 Å². The zero-order valence-electron chi connectivity index (χ0n) is 48.1. The minimum Gasteiger partial charge on any atom is -0.756 e. The second-order valence-electron chi connectivity index (χ2n) is 19.5. The second-order valence-corrected chi connectivity index (χ2v) is 20.9. The standard InChI is InChI=1S/C66H104NO8P/c1-6-8-10-12-14-16-18-20-21-22-23-24-25-26-27-28-29-30-31-32-33-34-35-36-37-38-39-40-41-42-43-44-45-47-49-51-53-55-57-59-66(69)75-64(63-74-76(70,71)73-61-60-67(3,4)5)62-72-65(68)58-56-54-52-50-48-46-19-17-15-13-11-9-7-2/h8-11,14-17,20-21,23-24,26-27,29-30,32-33,35-36,38-39,41-42,44-46,48,64H,6-7,12-13,18-19,22,25,28,31,34,37,40,43,47,49-63H2,1-5H3/b10-8-,11-9-,16-14-,17-15-,21-20-,24-23-,27-26-,30-29-,33-32-,36-35-,39-38-,42-41-,45-44-,48-46-. The van der Waals surface area contributed by atoms with E-state index in [0.717, 1.165) is 141 Å². The smallest absolute Gasteiger partial charge is 0.306 e. The molecule has 0 aromatic carbocycles. The van der Waals surface area contributed by atoms with Crippen LogP contribution in [0.25, 0.3) is 0 Å². The van der Waals surface area contributed by atoms with Crippen molar-refractivity contribution in [2.45, 2.75) is 187 Å². The highest BCUT2D eigenvalue weighted by atomic mass is 31.2. The lowest BCUT2D eigenvalue weighted by Crippen LogP contribution is -2.37. The van der Waals surface area contributed by atoms with E-state index in [-0.39, 0.29) is 26.1 Å². The Balaban J connectivity index is 4.21. The van der Waals surface area contributed by atoms with E-state index in [1.54, 1.807) is 0 Å². The third kappa shape index (κ3) is 58.6. The number of quaternary nitrogens is 1. The minimum atomic E-state index is -4.66. The maximum absolute atomic E-state index is 12.8. The van der Waals surface area contributed by atoms with Crippen molar-refractivity contribution in [2.24, 2.45) is 0 Å². The lowest BCUT2D eigenvalue weighted by atomic mass is 10.1. The Morgan fingerprint density at radius 2 is 0.711 bits per heavy atom. The fourth-order valence-corrected chi connectivity index (χ4v) is 7.58. The van der Waals surface area contributed by atoms with Gasteiger partial charge in [-0.2, -0.15) is 0 Å². The molecule has 0 saturated carbocycles. The zero-order chi connectivity index (χ0) is 55.6. The number of likely N-dealkylation sites (N-methyl/N-ethyl adjacent to an activating group) is 1. The van der Waals surface area contributed by atoms with Gasteiger partial charge in [0.25, 0.3) is 7.82 Å². The van der Waals surface area contributed by atoms with Crippen molar-refractivity contribution in [3.8, 4) is 0 Å². The number of carbonyl (C=O) groups excluding carboxylic acids is 2. The number of phosphoric acid groups is 1. The first-order chi connectivity index (χ1) is 37.0. The van der Waals surface area contributed by atoms with Crippen molar-refractivity contribution in [3.63, 3.8) is 0 Å². The molecule has 10 heteroatoms. The largest absolute Gasteiger partial charge is 0.756 e. The first kappa shape index (κ1) is 71.4. The van der Waals surface area contributed by atoms with Gasteiger partial charge in [0.05, 0.1) is 27.7 Å². The monoisotopic (exact) mass is 1070 g/mol. The summed E-state index contributed by atoms with van der Waals surface area (Å²) in [6, 6.07) is 0. The van der Waals surface area contributed by atoms with Crippen LogP contribution in [0, 0.1) is 0 Å². The Kier molecular flexibility index (Phi) is 51.8. The van der Waals surface area contributed by atoms with E-state index in [0.29, 0.717) is 23.9 Å². The second kappa shape index (κ2) is 55.1. The Morgan fingerprint density at radius 1 is 0.408 bits per heavy atom. The number of phosphoric ester groups is 1. The summed E-state index contributed by atoms with van der Waals surface area (Å²) in [4.78, 5) is 37.7. The molecule has 0 saturated heterocycles. The first-order valence-electron chi connectivity index (χ1n) is 28.8. The van der Waals surface area contributed by atoms with Crippen LogP contribution in [0.5, 0.6) is 0 Å². The molecule has 0 amide bonds. The number of allylic oxidation sites excluding steroid dienone is 28. The van der Waals surface area contributed by atoms with E-state index >= 15 is 0 Å². The fraction of sp³-hybridized carbons (Fsp3) is 0.545. The summed E-state index contributed by atoms with van der Waals surface area (Å²) in [6.45, 7) is 3.90. The van der Waals surface area contributed by atoms with E-state index in [4.69, 9.17) is 18.5 Å². The highest BCUT2D eigenvalue weighted by Crippen LogP contribution is 2.38. The molecule has 0 rings (SSSR count). The zero-order valence-corrected chi connectivity index (χ0v) is 49.0. The van der Waals surface area contributed by atoms with Crippen molar-refractivity contribution >= 4 is 19.8 Å². The summed E-state index contributed by atoms with van der Waals surface area (Å²) in [7, 11) is 1.11. The van der Waals surface area contributed by atoms with E-state index in [1.165, 1.54) is 0 Å². The molecule has 426 valence electrons. The van der Waals surface area contributed by atoms with E-state index in [1.807, 2.05) is 21.1 Å². The van der Waals surface area contributed by atoms with Crippen molar-refractivity contribution in [2.75, 3.05) is 47.5 Å². The number of unbranched alkanes of at least 4 members (excludes halogenated alkanes) is 8. The van der Waals surface area contributed by atoms with Crippen LogP contribution in [0.3, 0.4) is 0 Å². The van der Waals surface area contributed by atoms with Gasteiger partial charge in [0.2, 0.25) is 0 Å². The molecule has 9 nitrogen and oxygen atoms in total. The topological polar surface area (TPSA) is 111 Å². The van der Waals surface area contributed by atoms with Gasteiger partial charge in [0.15, 0.2) is 6.10 Å². The number of esters is 2. The Bertz CT molecular complexity index is 1880. The van der Waals surface area contributed by atoms with Crippen molar-refractivity contribution < 1.29 is 42.1 Å². The molecule has 0 aliphatic heterocycles. The van der Waals surface area contributed by atoms with E-state index < -0.39 is 32.5 Å². The highest BCUT2D eigenvalue weighted by Gasteiger charge is 2.21. The van der Waals surface area contributed by atoms with Crippen molar-refractivity contribution in [3.05, 3.63) is 170 Å². The molecule has 0 aliphatic rings. The minimum absolute atomic E-state index is 0.0497. The van der Waals surface area contributed by atoms with Gasteiger partial charge in [-0.1, -0.05) is 210 Å². The summed E-state index contributed by atoms with van der Waals surface area (Å²) in [5.74, 6) is -0.908. The lowest BCUT2D eigenvalue weighted by Gasteiger charge is -2.28. The van der Waals surface area contributed by atoms with Crippen LogP contribution in [-0.2, 0) is 32.7 Å². The van der Waals surface area contributed by atoms with Crippen LogP contribution >= 0.6 is 7.82 Å². The fourth-order valence-electron chi connectivity index (χ4n) is 6.85. The van der Waals surface area contributed by atoms with Crippen LogP contribution in [-0.4, -0.2) is 70.0 Å². The number of rotatable bonds is 50. The molecule has 2 unspecified atom stereocenters. The molecule has 0 N–H and O–H groups in total. The maximum Gasteiger partial charge on any atom is 0.306 e. The van der Waals surface area contributed by atoms with Crippen molar-refractivity contribution in [1.29, 1.82) is 0 Å². The molecule has 0 spiro atoms. The Labute approximate surface area is 464 Å². The molecule has 76 heavy (non-hydrogen) atoms. The van der Waals surface area contributed by atoms with Gasteiger partial charge in [-0.25, -0.2) is 0 Å². The van der Waals surface area contributed by atoms with E-state index in [2.05, 4.69) is 184 Å². The van der Waals surface area contributed by atoms with Gasteiger partial charge in [-0.05, 0) is 128 Å². The SMILES string of the molecule is CC/C=C\C/C=C\C/C=C\C/C=C\C/C=C\C/C=C\C/C=C\C/C=C\C/C=C\C/C=C\C/C=C\CCCCCCCC(=O)OC(COC(=O)CCCCC/C=C\C/C=C\C/C=C\CC)COP(=O)([O-])OCC[N+](C)(C)C. The third-order valence-electron chi connectivity index (χ3n) is 11.2. The number of nitrogens with zero attached hydrogens (tertiary/aromatic N) is 1. The average molecular weight is 1070 g/mol. The van der Waals surface area contributed by atoms with Crippen LogP contribution in [0.2, 0.25) is 0 Å². The van der Waals surface area contributed by atoms with Crippen LogP contribution < -0.4 is 4.89 Å². The molecule has 0 aromatic rings. The Morgan fingerprint density at radius 3 is 1.07 bits per heavy atom. The summed E-state index contributed by atoms with van der Waals surface area (Å²) in [5.41, 5.74) is 0. The molecular formula is C66H104NO8P. The molecule has 0 heterocycles. The Hall–Kier alpha value is -4.63. The molecule has 0 aliphatic carbocycles. The summed E-state index contributed by atoms with van der Waals surface area (Å²) in [6.07, 6.45) is 84.2. The van der Waals surface area contributed by atoms with Gasteiger partial charge in [-0.3, -0.25) is 14.2 Å². The average Bonchev–Trinajstić information content (AvgIpc) is 3.38. The third-order valence-corrected chi connectivity index (χ3v) is 12.2. The lowest BCUT2D eigenvalue weighted by molar-refractivity contribution is -0.870. The maximum atomic E-state index is 12.8. The predicted molar refractivity (Wildman–Crippen MR) is 323 cm³/mol. The number of carbonyl (C=O) groups is 2. The molecule has 2 atom stereocenters. The quantitative estimate of drug-likeness (QED) is 0.0195. The van der Waals surface area contributed by atoms with E-state index in [9.17, 15) is 19.0 Å². The van der Waals surface area contributed by atoms with Crippen LogP contribution in [0.1, 0.15) is 181 Å². The van der Waals surface area contributed by atoms with Crippen LogP contribution in [0.4, 0.5) is 0 Å². The summed E-state index contributed by atoms with van der Waals surface area (Å²) in [5, 5.41) is 0. The van der Waals surface area contributed by atoms with Crippen LogP contribution in [0.15, 0.2) is 170 Å². The number of hydrogen-bond acceptors (Lipinski definition) is 8. The molecular weight excluding hydrogens is 966 g/mol. The summed E-state index contributed by atoms with van der Waals surface area (Å²) >= 11 is 0. The highest BCUT2D eigenvalue weighted by molar-refractivity contribution is 7.45. The van der Waals surface area contributed by atoms with Gasteiger partial charge >= 0.3 is 11.9 Å².